The molecule has 7 heteroatoms. The largest absolute Gasteiger partial charge is 0.330 e. The third kappa shape index (κ3) is 6.06. The van der Waals surface area contributed by atoms with Gasteiger partial charge in [-0.05, 0) is 61.7 Å². The van der Waals surface area contributed by atoms with Gasteiger partial charge in [0.2, 0.25) is 0 Å². The van der Waals surface area contributed by atoms with Crippen LogP contribution in [-0.4, -0.2) is 44.9 Å². The van der Waals surface area contributed by atoms with E-state index in [1.54, 1.807) is 0 Å². The lowest BCUT2D eigenvalue weighted by Gasteiger charge is -2.27. The van der Waals surface area contributed by atoms with Crippen molar-refractivity contribution in [1.29, 1.82) is 0 Å². The molecule has 1 fully saturated rings. The number of imidazole rings is 1. The summed E-state index contributed by atoms with van der Waals surface area (Å²) in [6.07, 6.45) is 5.83. The van der Waals surface area contributed by atoms with Crippen LogP contribution in [0, 0.1) is 0 Å². The molecule has 0 aliphatic carbocycles. The molecule has 0 saturated carbocycles. The molecule has 1 saturated heterocycles. The van der Waals surface area contributed by atoms with Crippen LogP contribution in [0.4, 0.5) is 0 Å². The first-order valence-corrected chi connectivity index (χ1v) is 16.0. The van der Waals surface area contributed by atoms with E-state index in [0.717, 1.165) is 52.9 Å². The molecular weight excluding hydrogens is 548 g/mol. The van der Waals surface area contributed by atoms with Crippen molar-refractivity contribution in [1.82, 2.24) is 19.4 Å². The molecule has 3 heterocycles. The Morgan fingerprint density at radius 1 is 0.927 bits per heavy atom. The van der Waals surface area contributed by atoms with Crippen LogP contribution in [0.3, 0.4) is 0 Å². The van der Waals surface area contributed by atoms with E-state index in [-0.39, 0.29) is 5.91 Å². The van der Waals surface area contributed by atoms with Crippen molar-refractivity contribution >= 4 is 50.0 Å². The SMILES string of the molecule is CCCCN(Cc1nc2ccccc2n1Cc1ccccc1CN1CCCCC1)C(=O)c1sc2ccccc2c1Cl. The molecule has 0 spiro atoms. The molecule has 6 rings (SSSR count). The van der Waals surface area contributed by atoms with Gasteiger partial charge in [-0.15, -0.1) is 11.3 Å². The number of carbonyl (C=O) groups is 1. The maximum atomic E-state index is 14.0. The molecule has 1 aliphatic heterocycles. The Balaban J connectivity index is 1.34. The van der Waals surface area contributed by atoms with Crippen molar-refractivity contribution in [3.63, 3.8) is 0 Å². The van der Waals surface area contributed by atoms with Crippen LogP contribution in [0.5, 0.6) is 0 Å². The summed E-state index contributed by atoms with van der Waals surface area (Å²) in [5.41, 5.74) is 4.73. The van der Waals surface area contributed by atoms with E-state index >= 15 is 0 Å². The zero-order valence-electron chi connectivity index (χ0n) is 23.7. The molecule has 5 aromatic rings. The molecule has 0 radical (unpaired) electrons. The number of fused-ring (bicyclic) bond motifs is 2. The Hall–Kier alpha value is -3.19. The molecule has 41 heavy (non-hydrogen) atoms. The van der Waals surface area contributed by atoms with E-state index in [0.29, 0.717) is 23.0 Å². The fraction of sp³-hybridized carbons (Fsp3) is 0.353. The summed E-state index contributed by atoms with van der Waals surface area (Å²) in [5.74, 6) is 0.884. The zero-order chi connectivity index (χ0) is 28.2. The fourth-order valence-corrected chi connectivity index (χ4v) is 7.36. The number of thiophene rings is 1. The molecule has 0 N–H and O–H groups in total. The molecule has 212 valence electrons. The first kappa shape index (κ1) is 28.0. The number of halogens is 1. The van der Waals surface area contributed by atoms with Gasteiger partial charge in [-0.1, -0.05) is 86.0 Å². The Morgan fingerprint density at radius 2 is 1.63 bits per heavy atom. The Morgan fingerprint density at radius 3 is 2.41 bits per heavy atom. The van der Waals surface area contributed by atoms with Gasteiger partial charge in [0.05, 0.1) is 22.6 Å². The lowest BCUT2D eigenvalue weighted by Crippen LogP contribution is -2.32. The van der Waals surface area contributed by atoms with Crippen LogP contribution in [-0.2, 0) is 19.6 Å². The highest BCUT2D eigenvalue weighted by atomic mass is 35.5. The molecule has 2 aromatic heterocycles. The minimum atomic E-state index is -0.0197. The van der Waals surface area contributed by atoms with Crippen LogP contribution >= 0.6 is 22.9 Å². The van der Waals surface area contributed by atoms with Gasteiger partial charge in [-0.3, -0.25) is 9.69 Å². The second kappa shape index (κ2) is 12.8. The van der Waals surface area contributed by atoms with Crippen molar-refractivity contribution in [3.05, 3.63) is 99.6 Å². The van der Waals surface area contributed by atoms with Gasteiger partial charge in [-0.25, -0.2) is 4.98 Å². The molecule has 1 aliphatic rings. The molecular formula is C34H37ClN4OS. The zero-order valence-corrected chi connectivity index (χ0v) is 25.3. The van der Waals surface area contributed by atoms with E-state index in [4.69, 9.17) is 16.6 Å². The average Bonchev–Trinajstić information content (AvgIpc) is 3.53. The van der Waals surface area contributed by atoms with Gasteiger partial charge in [-0.2, -0.15) is 0 Å². The first-order chi connectivity index (χ1) is 20.1. The number of unbranched alkanes of at least 4 members (excludes halogenated alkanes) is 1. The predicted octanol–water partition coefficient (Wildman–Crippen LogP) is 8.38. The van der Waals surface area contributed by atoms with Crippen LogP contribution in [0.25, 0.3) is 21.1 Å². The standard InChI is InChI=1S/C34H37ClN4OS/c1-2-3-21-38(34(40)33-32(35)27-15-7-10-18-30(27)41-33)24-31-36-28-16-8-9-17-29(28)39(31)23-26-14-6-5-13-25(26)22-37-19-11-4-12-20-37/h5-10,13-18H,2-4,11-12,19-24H2,1H3. The van der Waals surface area contributed by atoms with E-state index in [9.17, 15) is 4.79 Å². The van der Waals surface area contributed by atoms with Crippen LogP contribution < -0.4 is 0 Å². The van der Waals surface area contributed by atoms with Crippen LogP contribution in [0.15, 0.2) is 72.8 Å². The van der Waals surface area contributed by atoms with Crippen LogP contribution in [0.2, 0.25) is 5.02 Å². The van der Waals surface area contributed by atoms with Crippen molar-refractivity contribution < 1.29 is 4.79 Å². The number of likely N-dealkylation sites (tertiary alicyclic amines) is 1. The minimum absolute atomic E-state index is 0.0197. The van der Waals surface area contributed by atoms with Gasteiger partial charge < -0.3 is 9.47 Å². The molecule has 5 nitrogen and oxygen atoms in total. The third-order valence-electron chi connectivity index (χ3n) is 8.15. The highest BCUT2D eigenvalue weighted by Gasteiger charge is 2.25. The summed E-state index contributed by atoms with van der Waals surface area (Å²) in [5, 5.41) is 1.49. The first-order valence-electron chi connectivity index (χ1n) is 14.8. The van der Waals surface area contributed by atoms with Crippen LogP contribution in [0.1, 0.15) is 65.7 Å². The second-order valence-electron chi connectivity index (χ2n) is 11.0. The Bertz CT molecular complexity index is 1650. The Labute approximate surface area is 251 Å². The summed E-state index contributed by atoms with van der Waals surface area (Å²) in [6, 6.07) is 25.1. The lowest BCUT2D eigenvalue weighted by atomic mass is 10.0. The van der Waals surface area contributed by atoms with Gasteiger partial charge in [0.1, 0.15) is 10.7 Å². The summed E-state index contributed by atoms with van der Waals surface area (Å²) < 4.78 is 3.34. The number of benzene rings is 3. The number of hydrogen-bond donors (Lipinski definition) is 0. The number of amides is 1. The number of para-hydroxylation sites is 2. The quantitative estimate of drug-likeness (QED) is 0.165. The number of hydrogen-bond acceptors (Lipinski definition) is 4. The molecule has 0 bridgehead atoms. The van der Waals surface area contributed by atoms with Gasteiger partial charge in [0, 0.05) is 29.7 Å². The number of aromatic nitrogens is 2. The van der Waals surface area contributed by atoms with E-state index in [2.05, 4.69) is 58.9 Å². The highest BCUT2D eigenvalue weighted by molar-refractivity contribution is 7.21. The summed E-state index contributed by atoms with van der Waals surface area (Å²) in [6.45, 7) is 7.29. The maximum Gasteiger partial charge on any atom is 0.265 e. The highest BCUT2D eigenvalue weighted by Crippen LogP contribution is 2.36. The molecule has 3 aromatic carbocycles. The topological polar surface area (TPSA) is 41.4 Å². The third-order valence-corrected chi connectivity index (χ3v) is 9.82. The van der Waals surface area contributed by atoms with Gasteiger partial charge in [0.25, 0.3) is 5.91 Å². The lowest BCUT2D eigenvalue weighted by molar-refractivity contribution is 0.0740. The van der Waals surface area contributed by atoms with E-state index in [1.165, 1.54) is 54.8 Å². The Kier molecular flexibility index (Phi) is 8.70. The van der Waals surface area contributed by atoms with Gasteiger partial charge >= 0.3 is 0 Å². The maximum absolute atomic E-state index is 14.0. The number of nitrogens with zero attached hydrogens (tertiary/aromatic N) is 4. The number of rotatable bonds is 10. The van der Waals surface area contributed by atoms with Gasteiger partial charge in [0.15, 0.2) is 0 Å². The van der Waals surface area contributed by atoms with Crippen molar-refractivity contribution in [2.24, 2.45) is 0 Å². The van der Waals surface area contributed by atoms with Crippen molar-refractivity contribution in [2.45, 2.75) is 58.7 Å². The predicted molar refractivity (Wildman–Crippen MR) is 171 cm³/mol. The van der Waals surface area contributed by atoms with E-state index < -0.39 is 0 Å². The number of carbonyl (C=O) groups excluding carboxylic acids is 1. The normalized spacial score (nSPS) is 14.2. The fourth-order valence-electron chi connectivity index (χ4n) is 5.88. The minimum Gasteiger partial charge on any atom is -0.330 e. The summed E-state index contributed by atoms with van der Waals surface area (Å²) in [7, 11) is 0. The monoisotopic (exact) mass is 584 g/mol. The van der Waals surface area contributed by atoms with Crippen molar-refractivity contribution in [2.75, 3.05) is 19.6 Å². The van der Waals surface area contributed by atoms with Crippen molar-refractivity contribution in [3.8, 4) is 0 Å². The molecule has 0 unspecified atom stereocenters. The molecule has 1 amide bonds. The molecule has 0 atom stereocenters. The summed E-state index contributed by atoms with van der Waals surface area (Å²) in [4.78, 5) is 24.2. The smallest absolute Gasteiger partial charge is 0.265 e. The summed E-state index contributed by atoms with van der Waals surface area (Å²) >= 11 is 8.25. The average molecular weight is 585 g/mol. The second-order valence-corrected chi connectivity index (χ2v) is 12.5. The van der Waals surface area contributed by atoms with E-state index in [1.807, 2.05) is 35.2 Å². The number of piperidine rings is 1.